The Hall–Kier alpha value is -2.48. The molecular weight excluding hydrogens is 465 g/mol. The normalized spacial score (nSPS) is 10.9. The third-order valence-electron chi connectivity index (χ3n) is 4.41. The van der Waals surface area contributed by atoms with Gasteiger partial charge in [-0.25, -0.2) is 0 Å². The summed E-state index contributed by atoms with van der Waals surface area (Å²) in [6, 6.07) is 20.7. The number of hydrogen-bond acceptors (Lipinski definition) is 3. The second kappa shape index (κ2) is 10.8. The van der Waals surface area contributed by atoms with Crippen LogP contribution in [0.3, 0.4) is 0 Å². The Bertz CT molecular complexity index is 944. The Balaban J connectivity index is 0.00000280. The quantitative estimate of drug-likeness (QED) is 0.306. The number of halogens is 1. The predicted molar refractivity (Wildman–Crippen MR) is 126 cm³/mol. The highest BCUT2D eigenvalue weighted by atomic mass is 127. The van der Waals surface area contributed by atoms with Crippen molar-refractivity contribution >= 4 is 40.7 Å². The number of benzene rings is 3. The monoisotopic (exact) mass is 491 g/mol. The van der Waals surface area contributed by atoms with E-state index in [0.29, 0.717) is 13.1 Å². The molecule has 3 aromatic rings. The van der Waals surface area contributed by atoms with E-state index in [9.17, 15) is 0 Å². The van der Waals surface area contributed by atoms with Gasteiger partial charge in [-0.2, -0.15) is 0 Å². The Kier molecular flexibility index (Phi) is 8.38. The summed E-state index contributed by atoms with van der Waals surface area (Å²) in [6.07, 6.45) is 0. The molecule has 0 saturated carbocycles. The van der Waals surface area contributed by atoms with Gasteiger partial charge in [-0.3, -0.25) is 4.99 Å². The number of rotatable bonds is 6. The molecule has 0 fully saturated rings. The fourth-order valence-electron chi connectivity index (χ4n) is 2.93. The van der Waals surface area contributed by atoms with Gasteiger partial charge >= 0.3 is 0 Å². The molecule has 0 spiro atoms. The van der Waals surface area contributed by atoms with Crippen LogP contribution in [0.5, 0.6) is 11.5 Å². The number of ether oxygens (including phenoxy) is 2. The van der Waals surface area contributed by atoms with Crippen molar-refractivity contribution in [2.24, 2.45) is 4.99 Å². The van der Waals surface area contributed by atoms with Crippen molar-refractivity contribution < 1.29 is 9.47 Å². The second-order valence-corrected chi connectivity index (χ2v) is 6.15. The van der Waals surface area contributed by atoms with E-state index in [1.807, 2.05) is 18.2 Å². The minimum atomic E-state index is 0. The number of hydrogen-bond donors (Lipinski definition) is 2. The molecule has 0 amide bonds. The van der Waals surface area contributed by atoms with Gasteiger partial charge in [0.15, 0.2) is 17.5 Å². The zero-order chi connectivity index (χ0) is 19.1. The van der Waals surface area contributed by atoms with Gasteiger partial charge < -0.3 is 20.1 Å². The lowest BCUT2D eigenvalue weighted by molar-refractivity contribution is 0.354. The SMILES string of the molecule is CN=C(NCc1ccc(OC)c(OC)c1)NCc1ccc2ccccc2c1.I. The fraction of sp³-hybridized carbons (Fsp3) is 0.227. The predicted octanol–water partition coefficient (Wildman–Crippen LogP) is 4.34. The highest BCUT2D eigenvalue weighted by molar-refractivity contribution is 14.0. The molecule has 5 nitrogen and oxygen atoms in total. The van der Waals surface area contributed by atoms with Crippen LogP contribution < -0.4 is 20.1 Å². The van der Waals surface area contributed by atoms with E-state index in [0.717, 1.165) is 23.0 Å². The summed E-state index contributed by atoms with van der Waals surface area (Å²) < 4.78 is 10.6. The first-order chi connectivity index (χ1) is 13.2. The number of nitrogens with one attached hydrogen (secondary N) is 2. The molecule has 0 heterocycles. The van der Waals surface area contributed by atoms with Gasteiger partial charge in [-0.05, 0) is 40.1 Å². The molecule has 28 heavy (non-hydrogen) atoms. The minimum absolute atomic E-state index is 0. The first kappa shape index (κ1) is 21.8. The van der Waals surface area contributed by atoms with Gasteiger partial charge in [0.25, 0.3) is 0 Å². The van der Waals surface area contributed by atoms with Gasteiger partial charge in [0.1, 0.15) is 0 Å². The maximum absolute atomic E-state index is 5.35. The van der Waals surface area contributed by atoms with E-state index >= 15 is 0 Å². The van der Waals surface area contributed by atoms with Crippen LogP contribution in [0.1, 0.15) is 11.1 Å². The maximum atomic E-state index is 5.35. The van der Waals surface area contributed by atoms with Gasteiger partial charge in [0, 0.05) is 20.1 Å². The number of methoxy groups -OCH3 is 2. The van der Waals surface area contributed by atoms with Crippen molar-refractivity contribution in [2.75, 3.05) is 21.3 Å². The molecule has 3 rings (SSSR count). The first-order valence-electron chi connectivity index (χ1n) is 8.86. The summed E-state index contributed by atoms with van der Waals surface area (Å²) in [5, 5.41) is 9.17. The lowest BCUT2D eigenvalue weighted by Gasteiger charge is -2.14. The molecule has 0 aromatic heterocycles. The van der Waals surface area contributed by atoms with Gasteiger partial charge in [-0.1, -0.05) is 42.5 Å². The molecule has 0 atom stereocenters. The summed E-state index contributed by atoms with van der Waals surface area (Å²) >= 11 is 0. The van der Waals surface area contributed by atoms with Crippen LogP contribution in [0, 0.1) is 0 Å². The number of aliphatic imine (C=N–C) groups is 1. The molecular formula is C22H26IN3O2. The zero-order valence-corrected chi connectivity index (χ0v) is 18.7. The van der Waals surface area contributed by atoms with Gasteiger partial charge in [0.05, 0.1) is 14.2 Å². The average Bonchev–Trinajstić information content (AvgIpc) is 2.73. The van der Waals surface area contributed by atoms with Crippen LogP contribution >= 0.6 is 24.0 Å². The van der Waals surface area contributed by atoms with Crippen LogP contribution in [0.2, 0.25) is 0 Å². The minimum Gasteiger partial charge on any atom is -0.493 e. The van der Waals surface area contributed by atoms with E-state index < -0.39 is 0 Å². The van der Waals surface area contributed by atoms with E-state index in [2.05, 4.69) is 58.1 Å². The molecule has 148 valence electrons. The number of nitrogens with zero attached hydrogens (tertiary/aromatic N) is 1. The van der Waals surface area contributed by atoms with Crippen molar-refractivity contribution in [3.8, 4) is 11.5 Å². The maximum Gasteiger partial charge on any atom is 0.191 e. The van der Waals surface area contributed by atoms with Crippen LogP contribution in [0.25, 0.3) is 10.8 Å². The van der Waals surface area contributed by atoms with Crippen LogP contribution in [0.15, 0.2) is 65.7 Å². The van der Waals surface area contributed by atoms with Crippen molar-refractivity contribution in [2.45, 2.75) is 13.1 Å². The van der Waals surface area contributed by atoms with Gasteiger partial charge in [0.2, 0.25) is 0 Å². The van der Waals surface area contributed by atoms with E-state index in [1.165, 1.54) is 16.3 Å². The highest BCUT2D eigenvalue weighted by Gasteiger charge is 2.05. The summed E-state index contributed by atoms with van der Waals surface area (Å²) in [5.41, 5.74) is 2.30. The molecule has 2 N–H and O–H groups in total. The van der Waals surface area contributed by atoms with Crippen molar-refractivity contribution in [3.63, 3.8) is 0 Å². The molecule has 0 aliphatic rings. The van der Waals surface area contributed by atoms with Gasteiger partial charge in [-0.15, -0.1) is 24.0 Å². The lowest BCUT2D eigenvalue weighted by Crippen LogP contribution is -2.36. The Morgan fingerprint density at radius 3 is 2.04 bits per heavy atom. The van der Waals surface area contributed by atoms with Crippen LogP contribution in [-0.4, -0.2) is 27.2 Å². The zero-order valence-electron chi connectivity index (χ0n) is 16.4. The fourth-order valence-corrected chi connectivity index (χ4v) is 2.93. The molecule has 0 aliphatic heterocycles. The largest absolute Gasteiger partial charge is 0.493 e. The Morgan fingerprint density at radius 2 is 1.39 bits per heavy atom. The summed E-state index contributed by atoms with van der Waals surface area (Å²) in [4.78, 5) is 4.30. The van der Waals surface area contributed by atoms with E-state index in [1.54, 1.807) is 21.3 Å². The standard InChI is InChI=1S/C22H25N3O2.HI/c1-23-22(25-15-17-9-11-20(26-2)21(13-17)27-3)24-14-16-8-10-18-6-4-5-7-19(18)12-16;/h4-13H,14-15H2,1-3H3,(H2,23,24,25);1H. The third kappa shape index (κ3) is 5.51. The average molecular weight is 491 g/mol. The topological polar surface area (TPSA) is 54.9 Å². The van der Waals surface area contributed by atoms with Crippen molar-refractivity contribution in [1.29, 1.82) is 0 Å². The molecule has 3 aromatic carbocycles. The summed E-state index contributed by atoms with van der Waals surface area (Å²) in [5.74, 6) is 2.19. The smallest absolute Gasteiger partial charge is 0.191 e. The van der Waals surface area contributed by atoms with Crippen molar-refractivity contribution in [3.05, 3.63) is 71.8 Å². The van der Waals surface area contributed by atoms with Crippen LogP contribution in [-0.2, 0) is 13.1 Å². The van der Waals surface area contributed by atoms with E-state index in [4.69, 9.17) is 9.47 Å². The lowest BCUT2D eigenvalue weighted by atomic mass is 10.1. The number of guanidine groups is 1. The third-order valence-corrected chi connectivity index (χ3v) is 4.41. The first-order valence-corrected chi connectivity index (χ1v) is 8.86. The molecule has 0 radical (unpaired) electrons. The summed E-state index contributed by atoms with van der Waals surface area (Å²) in [6.45, 7) is 1.34. The molecule has 0 bridgehead atoms. The molecule has 0 unspecified atom stereocenters. The highest BCUT2D eigenvalue weighted by Crippen LogP contribution is 2.27. The number of fused-ring (bicyclic) bond motifs is 1. The van der Waals surface area contributed by atoms with Crippen molar-refractivity contribution in [1.82, 2.24) is 10.6 Å². The Labute approximate surface area is 183 Å². The molecule has 6 heteroatoms. The summed E-state index contributed by atoms with van der Waals surface area (Å²) in [7, 11) is 5.04. The van der Waals surface area contributed by atoms with E-state index in [-0.39, 0.29) is 24.0 Å². The van der Waals surface area contributed by atoms with Crippen LogP contribution in [0.4, 0.5) is 0 Å². The Morgan fingerprint density at radius 1 is 0.786 bits per heavy atom. The molecule has 0 saturated heterocycles. The molecule has 0 aliphatic carbocycles. The second-order valence-electron chi connectivity index (χ2n) is 6.15.